The number of hydrogen-bond donors (Lipinski definition) is 0. The van der Waals surface area contributed by atoms with Crippen molar-refractivity contribution in [3.8, 4) is 0 Å². The van der Waals surface area contributed by atoms with Crippen molar-refractivity contribution in [1.29, 1.82) is 0 Å². The molecule has 1 fully saturated rings. The second-order valence-corrected chi connectivity index (χ2v) is 5.10. The molecule has 0 amide bonds. The molecule has 0 aromatic heterocycles. The summed E-state index contributed by atoms with van der Waals surface area (Å²) in [6.07, 6.45) is 1.45. The van der Waals surface area contributed by atoms with Gasteiger partial charge in [-0.25, -0.2) is 0 Å². The number of carbonyl (C=O) groups is 1. The first-order valence-electron chi connectivity index (χ1n) is 5.61. The minimum absolute atomic E-state index is 0.0603. The van der Waals surface area contributed by atoms with Crippen LogP contribution in [-0.2, 0) is 10.2 Å². The molecule has 1 aliphatic rings. The number of benzene rings is 1. The third kappa shape index (κ3) is 1.71. The maximum atomic E-state index is 11.5. The maximum absolute atomic E-state index is 11.5. The largest absolute Gasteiger partial charge is 0.300 e. The molecule has 0 aliphatic heterocycles. The van der Waals surface area contributed by atoms with E-state index in [9.17, 15) is 4.79 Å². The highest BCUT2D eigenvalue weighted by atomic mass is 16.1. The molecule has 1 aromatic rings. The molecule has 1 aliphatic carbocycles. The minimum atomic E-state index is 0.0603. The Kier molecular flexibility index (Phi) is 2.41. The maximum Gasteiger partial charge on any atom is 0.134 e. The van der Waals surface area contributed by atoms with E-state index in [0.29, 0.717) is 18.1 Å². The fraction of sp³-hybridized carbons (Fsp3) is 0.500. The van der Waals surface area contributed by atoms with Crippen LogP contribution in [0.5, 0.6) is 0 Å². The average Bonchev–Trinajstić information content (AvgIpc) is 2.42. The van der Waals surface area contributed by atoms with Crippen LogP contribution in [0.1, 0.15) is 37.8 Å². The van der Waals surface area contributed by atoms with E-state index in [0.717, 1.165) is 6.42 Å². The number of rotatable bonds is 1. The van der Waals surface area contributed by atoms with Gasteiger partial charge < -0.3 is 0 Å². The zero-order valence-corrected chi connectivity index (χ0v) is 9.71. The van der Waals surface area contributed by atoms with Crippen LogP contribution in [0.15, 0.2) is 24.3 Å². The summed E-state index contributed by atoms with van der Waals surface area (Å²) in [6, 6.07) is 8.61. The van der Waals surface area contributed by atoms with Crippen LogP contribution in [0.3, 0.4) is 0 Å². The van der Waals surface area contributed by atoms with Gasteiger partial charge in [0.2, 0.25) is 0 Å². The van der Waals surface area contributed by atoms with Crippen LogP contribution in [0.2, 0.25) is 0 Å². The minimum Gasteiger partial charge on any atom is -0.300 e. The molecular formula is C14H18O. The van der Waals surface area contributed by atoms with Crippen LogP contribution < -0.4 is 0 Å². The topological polar surface area (TPSA) is 17.1 Å². The molecular weight excluding hydrogens is 184 g/mol. The number of carbonyl (C=O) groups excluding carboxylic acids is 1. The molecule has 2 rings (SSSR count). The van der Waals surface area contributed by atoms with E-state index in [-0.39, 0.29) is 5.41 Å². The first kappa shape index (κ1) is 10.4. The van der Waals surface area contributed by atoms with Crippen LogP contribution >= 0.6 is 0 Å². The number of ketones is 1. The SMILES string of the molecule is Cc1ccc([C@]2(C)CC(=O)C[C@H]2C)cc1. The van der Waals surface area contributed by atoms with Gasteiger partial charge in [0.15, 0.2) is 0 Å². The van der Waals surface area contributed by atoms with Gasteiger partial charge in [0.05, 0.1) is 0 Å². The van der Waals surface area contributed by atoms with Crippen molar-refractivity contribution in [2.45, 2.75) is 39.0 Å². The Labute approximate surface area is 91.5 Å². The number of Topliss-reactive ketones (excluding diaryl/α,β-unsaturated/α-hetero) is 1. The lowest BCUT2D eigenvalue weighted by molar-refractivity contribution is -0.117. The van der Waals surface area contributed by atoms with Crippen molar-refractivity contribution >= 4 is 5.78 Å². The molecule has 0 heterocycles. The van der Waals surface area contributed by atoms with Crippen molar-refractivity contribution in [2.24, 2.45) is 5.92 Å². The Morgan fingerprint density at radius 1 is 1.27 bits per heavy atom. The summed E-state index contributed by atoms with van der Waals surface area (Å²) >= 11 is 0. The van der Waals surface area contributed by atoms with Crippen molar-refractivity contribution < 1.29 is 4.79 Å². The summed E-state index contributed by atoms with van der Waals surface area (Å²) in [5.41, 5.74) is 2.65. The molecule has 1 heteroatoms. The zero-order chi connectivity index (χ0) is 11.1. The van der Waals surface area contributed by atoms with E-state index in [1.165, 1.54) is 11.1 Å². The van der Waals surface area contributed by atoms with Gasteiger partial charge >= 0.3 is 0 Å². The van der Waals surface area contributed by atoms with Crippen LogP contribution in [-0.4, -0.2) is 5.78 Å². The Morgan fingerprint density at radius 2 is 1.87 bits per heavy atom. The zero-order valence-electron chi connectivity index (χ0n) is 9.71. The Hall–Kier alpha value is -1.11. The molecule has 0 bridgehead atoms. The molecule has 80 valence electrons. The average molecular weight is 202 g/mol. The Bertz CT molecular complexity index is 377. The second-order valence-electron chi connectivity index (χ2n) is 5.10. The molecule has 15 heavy (non-hydrogen) atoms. The molecule has 0 saturated heterocycles. The summed E-state index contributed by atoms with van der Waals surface area (Å²) in [6.45, 7) is 6.49. The van der Waals surface area contributed by atoms with Crippen molar-refractivity contribution in [1.82, 2.24) is 0 Å². The highest BCUT2D eigenvalue weighted by molar-refractivity contribution is 5.83. The van der Waals surface area contributed by atoms with Gasteiger partial charge in [0.1, 0.15) is 5.78 Å². The third-order valence-corrected chi connectivity index (χ3v) is 3.90. The predicted octanol–water partition coefficient (Wildman–Crippen LogP) is 3.25. The van der Waals surface area contributed by atoms with E-state index in [2.05, 4.69) is 45.0 Å². The summed E-state index contributed by atoms with van der Waals surface area (Å²) in [4.78, 5) is 11.5. The van der Waals surface area contributed by atoms with Crippen molar-refractivity contribution in [2.75, 3.05) is 0 Å². The van der Waals surface area contributed by atoms with E-state index < -0.39 is 0 Å². The number of hydrogen-bond acceptors (Lipinski definition) is 1. The number of aryl methyl sites for hydroxylation is 1. The Morgan fingerprint density at radius 3 is 2.33 bits per heavy atom. The molecule has 0 unspecified atom stereocenters. The van der Waals surface area contributed by atoms with Crippen LogP contribution in [0, 0.1) is 12.8 Å². The van der Waals surface area contributed by atoms with Gasteiger partial charge in [-0.15, -0.1) is 0 Å². The van der Waals surface area contributed by atoms with Crippen LogP contribution in [0.4, 0.5) is 0 Å². The molecule has 1 saturated carbocycles. The third-order valence-electron chi connectivity index (χ3n) is 3.90. The Balaban J connectivity index is 2.37. The molecule has 0 radical (unpaired) electrons. The summed E-state index contributed by atoms with van der Waals surface area (Å²) in [5, 5.41) is 0. The summed E-state index contributed by atoms with van der Waals surface area (Å²) in [5.74, 6) is 0.873. The standard InChI is InChI=1S/C14H18O/c1-10-4-6-12(7-5-10)14(3)9-13(15)8-11(14)2/h4-7,11H,8-9H2,1-3H3/t11-,14-/m1/s1. The first-order chi connectivity index (χ1) is 7.02. The molecule has 0 N–H and O–H groups in total. The van der Waals surface area contributed by atoms with Crippen LogP contribution in [0.25, 0.3) is 0 Å². The lowest BCUT2D eigenvalue weighted by Crippen LogP contribution is -2.24. The lowest BCUT2D eigenvalue weighted by Gasteiger charge is -2.29. The van der Waals surface area contributed by atoms with Crippen molar-refractivity contribution in [3.05, 3.63) is 35.4 Å². The smallest absolute Gasteiger partial charge is 0.134 e. The van der Waals surface area contributed by atoms with Gasteiger partial charge in [0, 0.05) is 18.3 Å². The highest BCUT2D eigenvalue weighted by Crippen LogP contribution is 2.43. The normalized spacial score (nSPS) is 30.9. The summed E-state index contributed by atoms with van der Waals surface area (Å²) < 4.78 is 0. The van der Waals surface area contributed by atoms with Gasteiger partial charge in [0.25, 0.3) is 0 Å². The first-order valence-corrected chi connectivity index (χ1v) is 5.61. The van der Waals surface area contributed by atoms with E-state index in [4.69, 9.17) is 0 Å². The molecule has 1 nitrogen and oxygen atoms in total. The van der Waals surface area contributed by atoms with E-state index in [1.807, 2.05) is 0 Å². The predicted molar refractivity (Wildman–Crippen MR) is 61.9 cm³/mol. The molecule has 0 spiro atoms. The highest BCUT2D eigenvalue weighted by Gasteiger charge is 2.41. The quantitative estimate of drug-likeness (QED) is 0.683. The fourth-order valence-electron chi connectivity index (χ4n) is 2.54. The van der Waals surface area contributed by atoms with Crippen molar-refractivity contribution in [3.63, 3.8) is 0 Å². The van der Waals surface area contributed by atoms with Gasteiger partial charge in [-0.1, -0.05) is 43.7 Å². The van der Waals surface area contributed by atoms with E-state index in [1.54, 1.807) is 0 Å². The molecule has 1 aromatic carbocycles. The van der Waals surface area contributed by atoms with Gasteiger partial charge in [-0.3, -0.25) is 4.79 Å². The monoisotopic (exact) mass is 202 g/mol. The van der Waals surface area contributed by atoms with Gasteiger partial charge in [-0.05, 0) is 18.4 Å². The molecule has 2 atom stereocenters. The van der Waals surface area contributed by atoms with E-state index >= 15 is 0 Å². The summed E-state index contributed by atoms with van der Waals surface area (Å²) in [7, 11) is 0. The fourth-order valence-corrected chi connectivity index (χ4v) is 2.54. The van der Waals surface area contributed by atoms with Gasteiger partial charge in [-0.2, -0.15) is 0 Å². The second kappa shape index (κ2) is 3.48. The lowest BCUT2D eigenvalue weighted by atomic mass is 9.75.